The highest BCUT2D eigenvalue weighted by molar-refractivity contribution is 5.96. The van der Waals surface area contributed by atoms with Gasteiger partial charge in [-0.2, -0.15) is 0 Å². The van der Waals surface area contributed by atoms with Crippen molar-refractivity contribution in [1.82, 2.24) is 10.6 Å². The number of carbonyl (C=O) groups is 3. The van der Waals surface area contributed by atoms with Gasteiger partial charge in [0.25, 0.3) is 5.91 Å². The van der Waals surface area contributed by atoms with E-state index in [1.54, 1.807) is 37.3 Å². The van der Waals surface area contributed by atoms with E-state index in [9.17, 15) is 14.4 Å². The molecule has 1 aromatic rings. The summed E-state index contributed by atoms with van der Waals surface area (Å²) in [4.78, 5) is 34.7. The predicted octanol–water partition coefficient (Wildman–Crippen LogP) is 0.484. The molecule has 108 valence electrons. The maximum Gasteiger partial charge on any atom is 0.328 e. The summed E-state index contributed by atoms with van der Waals surface area (Å²) >= 11 is 0. The van der Waals surface area contributed by atoms with Crippen molar-refractivity contribution in [3.8, 4) is 0 Å². The first kappa shape index (κ1) is 15.7. The SMILES string of the molecule is CC[C@H](NC(=O)CNC(=O)c1ccccc1)C(=O)OC. The molecule has 1 atom stereocenters. The minimum atomic E-state index is -0.693. The number of ether oxygens (including phenoxy) is 1. The third kappa shape index (κ3) is 4.72. The van der Waals surface area contributed by atoms with E-state index in [2.05, 4.69) is 15.4 Å². The van der Waals surface area contributed by atoms with E-state index in [0.717, 1.165) is 0 Å². The van der Waals surface area contributed by atoms with Gasteiger partial charge in [-0.15, -0.1) is 0 Å². The molecule has 0 aliphatic rings. The predicted molar refractivity (Wildman–Crippen MR) is 73.0 cm³/mol. The van der Waals surface area contributed by atoms with Crippen molar-refractivity contribution in [3.05, 3.63) is 35.9 Å². The third-order valence-corrected chi connectivity index (χ3v) is 2.67. The second-order valence-electron chi connectivity index (χ2n) is 4.10. The lowest BCUT2D eigenvalue weighted by atomic mass is 10.2. The number of nitrogens with one attached hydrogen (secondary N) is 2. The van der Waals surface area contributed by atoms with Crippen LogP contribution in [0, 0.1) is 0 Å². The molecular weight excluding hydrogens is 260 g/mol. The summed E-state index contributed by atoms with van der Waals surface area (Å²) in [5.74, 6) is -1.28. The van der Waals surface area contributed by atoms with Crippen molar-refractivity contribution >= 4 is 17.8 Å². The van der Waals surface area contributed by atoms with Crippen LogP contribution in [0.15, 0.2) is 30.3 Å². The molecule has 6 nitrogen and oxygen atoms in total. The lowest BCUT2D eigenvalue weighted by Crippen LogP contribution is -2.45. The average Bonchev–Trinajstić information content (AvgIpc) is 2.50. The molecule has 0 aromatic heterocycles. The number of methoxy groups -OCH3 is 1. The van der Waals surface area contributed by atoms with Crippen LogP contribution in [0.25, 0.3) is 0 Å². The van der Waals surface area contributed by atoms with Crippen molar-refractivity contribution in [3.63, 3.8) is 0 Å². The van der Waals surface area contributed by atoms with Gasteiger partial charge in [0.1, 0.15) is 6.04 Å². The Bertz CT molecular complexity index is 473. The molecule has 6 heteroatoms. The van der Waals surface area contributed by atoms with Crippen LogP contribution >= 0.6 is 0 Å². The summed E-state index contributed by atoms with van der Waals surface area (Å²) in [7, 11) is 1.26. The number of rotatable bonds is 6. The fourth-order valence-corrected chi connectivity index (χ4v) is 1.57. The molecule has 2 N–H and O–H groups in total. The highest BCUT2D eigenvalue weighted by Gasteiger charge is 2.19. The molecule has 0 saturated carbocycles. The molecular formula is C14H18N2O4. The van der Waals surface area contributed by atoms with Gasteiger partial charge < -0.3 is 15.4 Å². The van der Waals surface area contributed by atoms with Crippen LogP contribution in [-0.4, -0.2) is 37.5 Å². The van der Waals surface area contributed by atoms with E-state index in [-0.39, 0.29) is 12.5 Å². The molecule has 0 heterocycles. The highest BCUT2D eigenvalue weighted by atomic mass is 16.5. The maximum atomic E-state index is 11.7. The Labute approximate surface area is 117 Å². The van der Waals surface area contributed by atoms with Crippen LogP contribution < -0.4 is 10.6 Å². The molecule has 0 fully saturated rings. The standard InChI is InChI=1S/C14H18N2O4/c1-3-11(14(19)20-2)16-12(17)9-15-13(18)10-7-5-4-6-8-10/h4-8,11H,3,9H2,1-2H3,(H,15,18)(H,16,17)/t11-/m0/s1. The lowest BCUT2D eigenvalue weighted by Gasteiger charge is -2.14. The van der Waals surface area contributed by atoms with Gasteiger partial charge in [-0.1, -0.05) is 25.1 Å². The first-order valence-corrected chi connectivity index (χ1v) is 6.29. The maximum absolute atomic E-state index is 11.7. The smallest absolute Gasteiger partial charge is 0.328 e. The van der Waals surface area contributed by atoms with Gasteiger partial charge in [0.15, 0.2) is 0 Å². The van der Waals surface area contributed by atoms with E-state index in [1.165, 1.54) is 7.11 Å². The topological polar surface area (TPSA) is 84.5 Å². The number of hydrogen-bond donors (Lipinski definition) is 2. The zero-order valence-electron chi connectivity index (χ0n) is 11.5. The van der Waals surface area contributed by atoms with E-state index >= 15 is 0 Å². The summed E-state index contributed by atoms with van der Waals surface area (Å²) in [6, 6.07) is 7.87. The summed E-state index contributed by atoms with van der Waals surface area (Å²) < 4.78 is 4.56. The zero-order chi connectivity index (χ0) is 15.0. The van der Waals surface area contributed by atoms with Gasteiger partial charge in [0.05, 0.1) is 13.7 Å². The van der Waals surface area contributed by atoms with Crippen LogP contribution in [0.2, 0.25) is 0 Å². The Morgan fingerprint density at radius 2 is 1.85 bits per heavy atom. The van der Waals surface area contributed by atoms with Crippen LogP contribution in [0.3, 0.4) is 0 Å². The van der Waals surface area contributed by atoms with Crippen LogP contribution in [0.1, 0.15) is 23.7 Å². The van der Waals surface area contributed by atoms with E-state index in [1.807, 2.05) is 0 Å². The highest BCUT2D eigenvalue weighted by Crippen LogP contribution is 1.97. The molecule has 0 saturated heterocycles. The lowest BCUT2D eigenvalue weighted by molar-refractivity contribution is -0.145. The van der Waals surface area contributed by atoms with Gasteiger partial charge in [0, 0.05) is 5.56 Å². The Hall–Kier alpha value is -2.37. The summed E-state index contributed by atoms with van der Waals surface area (Å²) in [6.45, 7) is 1.56. The quantitative estimate of drug-likeness (QED) is 0.741. The molecule has 0 spiro atoms. The minimum absolute atomic E-state index is 0.193. The van der Waals surface area contributed by atoms with Crippen LogP contribution in [0.5, 0.6) is 0 Å². The monoisotopic (exact) mass is 278 g/mol. The number of amides is 2. The summed E-state index contributed by atoms with van der Waals surface area (Å²) in [6.07, 6.45) is 0.422. The normalized spacial score (nSPS) is 11.3. The van der Waals surface area contributed by atoms with Crippen molar-refractivity contribution in [2.45, 2.75) is 19.4 Å². The van der Waals surface area contributed by atoms with Gasteiger partial charge in [-0.05, 0) is 18.6 Å². The number of benzene rings is 1. The second-order valence-corrected chi connectivity index (χ2v) is 4.10. The third-order valence-electron chi connectivity index (χ3n) is 2.67. The second kappa shape index (κ2) is 7.93. The largest absolute Gasteiger partial charge is 0.467 e. The minimum Gasteiger partial charge on any atom is -0.467 e. The van der Waals surface area contributed by atoms with E-state index in [0.29, 0.717) is 12.0 Å². The molecule has 0 aliphatic heterocycles. The van der Waals surface area contributed by atoms with Gasteiger partial charge >= 0.3 is 5.97 Å². The van der Waals surface area contributed by atoms with Gasteiger partial charge in [-0.25, -0.2) is 4.79 Å². The van der Waals surface area contributed by atoms with Crippen molar-refractivity contribution in [2.75, 3.05) is 13.7 Å². The van der Waals surface area contributed by atoms with Crippen LogP contribution in [0.4, 0.5) is 0 Å². The molecule has 2 amide bonds. The molecule has 0 aliphatic carbocycles. The first-order chi connectivity index (χ1) is 9.58. The van der Waals surface area contributed by atoms with Crippen LogP contribution in [-0.2, 0) is 14.3 Å². The number of carbonyl (C=O) groups excluding carboxylic acids is 3. The molecule has 1 rings (SSSR count). The van der Waals surface area contributed by atoms with E-state index < -0.39 is 17.9 Å². The zero-order valence-corrected chi connectivity index (χ0v) is 11.5. The summed E-state index contributed by atoms with van der Waals surface area (Å²) in [5, 5.41) is 4.98. The van der Waals surface area contributed by atoms with Crippen molar-refractivity contribution < 1.29 is 19.1 Å². The summed E-state index contributed by atoms with van der Waals surface area (Å²) in [5.41, 5.74) is 0.473. The van der Waals surface area contributed by atoms with Gasteiger partial charge in [-0.3, -0.25) is 9.59 Å². The Balaban J connectivity index is 2.43. The Kier molecular flexibility index (Phi) is 6.22. The Morgan fingerprint density at radius 1 is 1.20 bits per heavy atom. The van der Waals surface area contributed by atoms with Gasteiger partial charge in [0.2, 0.25) is 5.91 Å². The van der Waals surface area contributed by atoms with Crippen molar-refractivity contribution in [1.29, 1.82) is 0 Å². The molecule has 0 unspecified atom stereocenters. The molecule has 0 radical (unpaired) electrons. The number of esters is 1. The van der Waals surface area contributed by atoms with E-state index in [4.69, 9.17) is 0 Å². The molecule has 0 bridgehead atoms. The fourth-order valence-electron chi connectivity index (χ4n) is 1.57. The molecule has 20 heavy (non-hydrogen) atoms. The van der Waals surface area contributed by atoms with Crippen molar-refractivity contribution in [2.24, 2.45) is 0 Å². The Morgan fingerprint density at radius 3 is 2.40 bits per heavy atom. The number of hydrogen-bond acceptors (Lipinski definition) is 4. The average molecular weight is 278 g/mol. The molecule has 1 aromatic carbocycles. The first-order valence-electron chi connectivity index (χ1n) is 6.29. The fraction of sp³-hybridized carbons (Fsp3) is 0.357.